The van der Waals surface area contributed by atoms with Crippen molar-refractivity contribution in [2.45, 2.75) is 39.2 Å². The van der Waals surface area contributed by atoms with E-state index < -0.39 is 0 Å². The van der Waals surface area contributed by atoms with Gasteiger partial charge in [0.15, 0.2) is 0 Å². The highest BCUT2D eigenvalue weighted by atomic mass is 16.2. The van der Waals surface area contributed by atoms with Crippen LogP contribution in [0.15, 0.2) is 0 Å². The molecule has 16 heavy (non-hydrogen) atoms. The smallest absolute Gasteiger partial charge is 0.233 e. The molecule has 2 fully saturated rings. The Hall–Kier alpha value is -0.900. The van der Waals surface area contributed by atoms with Crippen molar-refractivity contribution in [1.29, 1.82) is 0 Å². The first-order valence-corrected chi connectivity index (χ1v) is 6.11. The fraction of sp³-hybridized carbons (Fsp3) is 0.833. The fourth-order valence-electron chi connectivity index (χ4n) is 2.90. The van der Waals surface area contributed by atoms with E-state index in [1.807, 2.05) is 6.92 Å². The minimum Gasteiger partial charge on any atom is -0.328 e. The maximum Gasteiger partial charge on any atom is 0.233 e. The number of rotatable bonds is 3. The van der Waals surface area contributed by atoms with Gasteiger partial charge in [-0.25, -0.2) is 0 Å². The van der Waals surface area contributed by atoms with E-state index in [1.54, 1.807) is 0 Å². The van der Waals surface area contributed by atoms with Crippen LogP contribution in [0.5, 0.6) is 0 Å². The molecule has 0 radical (unpaired) electrons. The van der Waals surface area contributed by atoms with Crippen molar-refractivity contribution in [3.63, 3.8) is 0 Å². The molecule has 1 saturated carbocycles. The Bertz CT molecular complexity index is 290. The summed E-state index contributed by atoms with van der Waals surface area (Å²) in [5, 5.41) is 0. The first-order chi connectivity index (χ1) is 7.50. The molecule has 1 aliphatic heterocycles. The van der Waals surface area contributed by atoms with Gasteiger partial charge < -0.3 is 5.73 Å². The van der Waals surface area contributed by atoms with Gasteiger partial charge in [0.1, 0.15) is 0 Å². The van der Waals surface area contributed by atoms with Crippen molar-refractivity contribution in [2.75, 3.05) is 6.54 Å². The van der Waals surface area contributed by atoms with Crippen molar-refractivity contribution in [3.05, 3.63) is 0 Å². The third kappa shape index (κ3) is 1.86. The van der Waals surface area contributed by atoms with Gasteiger partial charge in [-0.1, -0.05) is 6.92 Å². The second kappa shape index (κ2) is 4.17. The zero-order valence-electron chi connectivity index (χ0n) is 9.98. The van der Waals surface area contributed by atoms with Crippen LogP contribution in [0.4, 0.5) is 0 Å². The third-order valence-electron chi connectivity index (χ3n) is 3.77. The second-order valence-electron chi connectivity index (χ2n) is 5.38. The lowest BCUT2D eigenvalue weighted by atomic mass is 10.00. The minimum absolute atomic E-state index is 0.0319. The molecule has 0 aromatic rings. The van der Waals surface area contributed by atoms with E-state index in [0.717, 1.165) is 12.8 Å². The topological polar surface area (TPSA) is 63.4 Å². The summed E-state index contributed by atoms with van der Waals surface area (Å²) in [6, 6.07) is 0.0416. The van der Waals surface area contributed by atoms with Gasteiger partial charge in [0.2, 0.25) is 11.8 Å². The fourth-order valence-corrected chi connectivity index (χ4v) is 2.90. The third-order valence-corrected chi connectivity index (χ3v) is 3.77. The Labute approximate surface area is 96.2 Å². The molecule has 0 spiro atoms. The molecule has 2 N–H and O–H groups in total. The van der Waals surface area contributed by atoms with Gasteiger partial charge in [-0.3, -0.25) is 14.5 Å². The van der Waals surface area contributed by atoms with Crippen molar-refractivity contribution in [1.82, 2.24) is 4.90 Å². The normalized spacial score (nSPS) is 35.7. The van der Waals surface area contributed by atoms with Gasteiger partial charge in [0.25, 0.3) is 0 Å². The lowest BCUT2D eigenvalue weighted by Crippen LogP contribution is -2.35. The van der Waals surface area contributed by atoms with Crippen LogP contribution in [0.3, 0.4) is 0 Å². The zero-order chi connectivity index (χ0) is 11.9. The molecule has 1 aliphatic carbocycles. The number of amides is 2. The number of imide groups is 1. The van der Waals surface area contributed by atoms with E-state index in [9.17, 15) is 9.59 Å². The molecule has 0 aromatic heterocycles. The van der Waals surface area contributed by atoms with E-state index in [-0.39, 0.29) is 29.7 Å². The molecule has 2 rings (SSSR count). The second-order valence-corrected chi connectivity index (χ2v) is 5.38. The molecule has 90 valence electrons. The largest absolute Gasteiger partial charge is 0.328 e. The maximum atomic E-state index is 12.0. The van der Waals surface area contributed by atoms with Crippen molar-refractivity contribution in [3.8, 4) is 0 Å². The predicted molar refractivity (Wildman–Crippen MR) is 60.4 cm³/mol. The molecule has 0 aromatic carbocycles. The molecular weight excluding hydrogens is 204 g/mol. The quantitative estimate of drug-likeness (QED) is 0.720. The molecule has 3 unspecified atom stereocenters. The van der Waals surface area contributed by atoms with Gasteiger partial charge in [-0.2, -0.15) is 0 Å². The van der Waals surface area contributed by atoms with E-state index >= 15 is 0 Å². The van der Waals surface area contributed by atoms with Crippen LogP contribution in [-0.2, 0) is 9.59 Å². The Morgan fingerprint density at radius 3 is 2.25 bits per heavy atom. The monoisotopic (exact) mass is 224 g/mol. The van der Waals surface area contributed by atoms with Gasteiger partial charge in [0.05, 0.1) is 11.8 Å². The number of hydrogen-bond donors (Lipinski definition) is 1. The van der Waals surface area contributed by atoms with E-state index in [0.29, 0.717) is 18.9 Å². The van der Waals surface area contributed by atoms with Crippen LogP contribution in [0, 0.1) is 17.8 Å². The molecule has 1 heterocycles. The lowest BCUT2D eigenvalue weighted by Gasteiger charge is -2.17. The number of carbonyl (C=O) groups is 2. The van der Waals surface area contributed by atoms with Crippen LogP contribution in [0.1, 0.15) is 33.1 Å². The summed E-state index contributed by atoms with van der Waals surface area (Å²) in [4.78, 5) is 25.5. The van der Waals surface area contributed by atoms with Crippen molar-refractivity contribution < 1.29 is 9.59 Å². The number of carbonyl (C=O) groups excluding carboxylic acids is 2. The first kappa shape index (κ1) is 11.6. The summed E-state index contributed by atoms with van der Waals surface area (Å²) in [5.74, 6) is 0.532. The summed E-state index contributed by atoms with van der Waals surface area (Å²) in [7, 11) is 0. The van der Waals surface area contributed by atoms with E-state index in [4.69, 9.17) is 5.73 Å². The Morgan fingerprint density at radius 2 is 1.81 bits per heavy atom. The molecule has 0 bridgehead atoms. The number of fused-ring (bicyclic) bond motifs is 1. The van der Waals surface area contributed by atoms with Gasteiger partial charge in [0, 0.05) is 12.6 Å². The maximum absolute atomic E-state index is 12.0. The van der Waals surface area contributed by atoms with E-state index in [1.165, 1.54) is 4.90 Å². The SMILES string of the molecule is CC(N)CCN1C(=O)C2CC(C)CC2C1=O. The molecular formula is C12H20N2O2. The number of nitrogens with zero attached hydrogens (tertiary/aromatic N) is 1. The first-order valence-electron chi connectivity index (χ1n) is 6.11. The van der Waals surface area contributed by atoms with Crippen LogP contribution in [0.25, 0.3) is 0 Å². The summed E-state index contributed by atoms with van der Waals surface area (Å²) in [6.45, 7) is 4.51. The summed E-state index contributed by atoms with van der Waals surface area (Å²) in [5.41, 5.74) is 5.65. The highest BCUT2D eigenvalue weighted by Crippen LogP contribution is 2.42. The van der Waals surface area contributed by atoms with Crippen LogP contribution in [0.2, 0.25) is 0 Å². The predicted octanol–water partition coefficient (Wildman–Crippen LogP) is 0.755. The van der Waals surface area contributed by atoms with Crippen LogP contribution >= 0.6 is 0 Å². The Morgan fingerprint density at radius 1 is 1.31 bits per heavy atom. The molecule has 4 nitrogen and oxygen atoms in total. The van der Waals surface area contributed by atoms with Gasteiger partial charge in [-0.05, 0) is 32.1 Å². The average molecular weight is 224 g/mol. The van der Waals surface area contributed by atoms with Gasteiger partial charge in [-0.15, -0.1) is 0 Å². The number of hydrogen-bond acceptors (Lipinski definition) is 3. The summed E-state index contributed by atoms with van der Waals surface area (Å²) >= 11 is 0. The van der Waals surface area contributed by atoms with Gasteiger partial charge >= 0.3 is 0 Å². The highest BCUT2D eigenvalue weighted by Gasteiger charge is 2.51. The highest BCUT2D eigenvalue weighted by molar-refractivity contribution is 6.05. The summed E-state index contributed by atoms with van der Waals surface area (Å²) in [6.07, 6.45) is 2.46. The molecule has 2 amide bonds. The molecule has 2 aliphatic rings. The number of nitrogens with two attached hydrogens (primary N) is 1. The standard InChI is InChI=1S/C12H20N2O2/c1-7-5-9-10(6-7)12(16)14(11(9)15)4-3-8(2)13/h7-10H,3-6,13H2,1-2H3. The zero-order valence-corrected chi connectivity index (χ0v) is 9.98. The lowest BCUT2D eigenvalue weighted by molar-refractivity contribution is -0.140. The summed E-state index contributed by atoms with van der Waals surface area (Å²) < 4.78 is 0. The molecule has 4 heteroatoms. The molecule has 3 atom stereocenters. The van der Waals surface area contributed by atoms with Crippen LogP contribution < -0.4 is 5.73 Å². The van der Waals surface area contributed by atoms with E-state index in [2.05, 4.69) is 6.92 Å². The number of likely N-dealkylation sites (tertiary alicyclic amines) is 1. The Kier molecular flexibility index (Phi) is 3.02. The minimum atomic E-state index is -0.0319. The average Bonchev–Trinajstić information content (AvgIpc) is 2.66. The van der Waals surface area contributed by atoms with Crippen molar-refractivity contribution in [2.24, 2.45) is 23.5 Å². The van der Waals surface area contributed by atoms with Crippen LogP contribution in [-0.4, -0.2) is 29.3 Å². The molecule has 1 saturated heterocycles. The Balaban J connectivity index is 2.03. The van der Waals surface area contributed by atoms with Crippen molar-refractivity contribution >= 4 is 11.8 Å².